The van der Waals surface area contributed by atoms with E-state index in [1.165, 1.54) is 16.7 Å². The van der Waals surface area contributed by atoms with E-state index in [4.69, 9.17) is 4.42 Å². The van der Waals surface area contributed by atoms with E-state index in [0.717, 1.165) is 5.69 Å². The van der Waals surface area contributed by atoms with Crippen LogP contribution in [0.15, 0.2) is 16.5 Å². The van der Waals surface area contributed by atoms with Crippen LogP contribution in [0.25, 0.3) is 0 Å². The molecular formula is C13H17N3O. The number of hydrogen-bond acceptors (Lipinski definition) is 4. The van der Waals surface area contributed by atoms with Crippen molar-refractivity contribution in [2.24, 2.45) is 0 Å². The quantitative estimate of drug-likeness (QED) is 0.882. The summed E-state index contributed by atoms with van der Waals surface area (Å²) in [5.41, 5.74) is 4.89. The third-order valence-corrected chi connectivity index (χ3v) is 2.66. The SMILES string of the molecule is Cc1cc(C)c(NCc2nnc(C)o2)c(C)c1. The fourth-order valence-electron chi connectivity index (χ4n) is 2.03. The molecule has 0 aliphatic rings. The molecule has 1 aromatic heterocycles. The van der Waals surface area contributed by atoms with E-state index < -0.39 is 0 Å². The Morgan fingerprint density at radius 1 is 1.06 bits per heavy atom. The Labute approximate surface area is 101 Å². The van der Waals surface area contributed by atoms with Crippen LogP contribution in [0.2, 0.25) is 0 Å². The molecule has 0 spiro atoms. The maximum absolute atomic E-state index is 5.32. The summed E-state index contributed by atoms with van der Waals surface area (Å²) in [7, 11) is 0. The predicted molar refractivity (Wildman–Crippen MR) is 67.0 cm³/mol. The van der Waals surface area contributed by atoms with E-state index >= 15 is 0 Å². The molecule has 1 heterocycles. The van der Waals surface area contributed by atoms with E-state index in [0.29, 0.717) is 18.3 Å². The topological polar surface area (TPSA) is 51.0 Å². The Balaban J connectivity index is 2.14. The minimum absolute atomic E-state index is 0.561. The predicted octanol–water partition coefficient (Wildman–Crippen LogP) is 2.92. The number of aromatic nitrogens is 2. The molecule has 1 aromatic carbocycles. The highest BCUT2D eigenvalue weighted by Crippen LogP contribution is 2.22. The van der Waals surface area contributed by atoms with Gasteiger partial charge in [-0.15, -0.1) is 10.2 Å². The molecule has 4 heteroatoms. The van der Waals surface area contributed by atoms with E-state index in [2.05, 4.69) is 48.4 Å². The summed E-state index contributed by atoms with van der Waals surface area (Å²) in [6.07, 6.45) is 0. The van der Waals surface area contributed by atoms with Crippen LogP contribution in [-0.4, -0.2) is 10.2 Å². The number of nitrogens with zero attached hydrogens (tertiary/aromatic N) is 2. The van der Waals surface area contributed by atoms with E-state index in [1.807, 2.05) is 0 Å². The molecule has 0 saturated heterocycles. The molecule has 2 aromatic rings. The van der Waals surface area contributed by atoms with Gasteiger partial charge >= 0.3 is 0 Å². The van der Waals surface area contributed by atoms with Gasteiger partial charge in [-0.05, 0) is 31.9 Å². The average Bonchev–Trinajstić information content (AvgIpc) is 2.62. The molecule has 4 nitrogen and oxygen atoms in total. The first kappa shape index (κ1) is 11.6. The van der Waals surface area contributed by atoms with Crippen molar-refractivity contribution in [3.8, 4) is 0 Å². The molecule has 17 heavy (non-hydrogen) atoms. The lowest BCUT2D eigenvalue weighted by Gasteiger charge is -2.12. The minimum Gasteiger partial charge on any atom is -0.424 e. The molecule has 0 atom stereocenters. The standard InChI is InChI=1S/C13H17N3O/c1-8-5-9(2)13(10(3)6-8)14-7-12-16-15-11(4)17-12/h5-6,14H,7H2,1-4H3. The van der Waals surface area contributed by atoms with Crippen molar-refractivity contribution in [2.45, 2.75) is 34.2 Å². The fraction of sp³-hybridized carbons (Fsp3) is 0.385. The molecule has 0 unspecified atom stereocenters. The number of benzene rings is 1. The Kier molecular flexibility index (Phi) is 3.13. The van der Waals surface area contributed by atoms with Crippen LogP contribution in [0.3, 0.4) is 0 Å². The van der Waals surface area contributed by atoms with Crippen LogP contribution in [0.5, 0.6) is 0 Å². The maximum atomic E-state index is 5.32. The van der Waals surface area contributed by atoms with E-state index in [9.17, 15) is 0 Å². The second-order valence-corrected chi connectivity index (χ2v) is 4.34. The first-order valence-corrected chi connectivity index (χ1v) is 5.67. The molecule has 0 aliphatic heterocycles. The third kappa shape index (κ3) is 2.64. The van der Waals surface area contributed by atoms with Crippen LogP contribution in [0, 0.1) is 27.7 Å². The molecule has 90 valence electrons. The van der Waals surface area contributed by atoms with Gasteiger partial charge in [0.15, 0.2) is 0 Å². The van der Waals surface area contributed by atoms with Crippen molar-refractivity contribution in [3.05, 3.63) is 40.6 Å². The number of hydrogen-bond donors (Lipinski definition) is 1. The zero-order valence-electron chi connectivity index (χ0n) is 10.7. The van der Waals surface area contributed by atoms with Gasteiger partial charge < -0.3 is 9.73 Å². The van der Waals surface area contributed by atoms with Crippen LogP contribution in [0.4, 0.5) is 5.69 Å². The molecule has 0 radical (unpaired) electrons. The van der Waals surface area contributed by atoms with Gasteiger partial charge in [0.1, 0.15) is 0 Å². The van der Waals surface area contributed by atoms with Gasteiger partial charge in [-0.1, -0.05) is 17.7 Å². The van der Waals surface area contributed by atoms with Crippen molar-refractivity contribution >= 4 is 5.69 Å². The summed E-state index contributed by atoms with van der Waals surface area (Å²) < 4.78 is 5.32. The highest BCUT2D eigenvalue weighted by Gasteiger charge is 2.06. The van der Waals surface area contributed by atoms with Crippen molar-refractivity contribution in [3.63, 3.8) is 0 Å². The lowest BCUT2D eigenvalue weighted by atomic mass is 10.1. The molecule has 0 bridgehead atoms. The maximum Gasteiger partial charge on any atom is 0.235 e. The average molecular weight is 231 g/mol. The smallest absolute Gasteiger partial charge is 0.235 e. The van der Waals surface area contributed by atoms with Gasteiger partial charge in [-0.2, -0.15) is 0 Å². The second-order valence-electron chi connectivity index (χ2n) is 4.34. The van der Waals surface area contributed by atoms with Gasteiger partial charge in [-0.25, -0.2) is 0 Å². The molecule has 0 aliphatic carbocycles. The summed E-state index contributed by atoms with van der Waals surface area (Å²) in [5.74, 6) is 1.21. The fourth-order valence-corrected chi connectivity index (χ4v) is 2.03. The van der Waals surface area contributed by atoms with E-state index in [1.54, 1.807) is 6.92 Å². The normalized spacial score (nSPS) is 10.6. The Morgan fingerprint density at radius 2 is 1.71 bits per heavy atom. The van der Waals surface area contributed by atoms with Crippen LogP contribution in [0.1, 0.15) is 28.5 Å². The zero-order valence-corrected chi connectivity index (χ0v) is 10.7. The summed E-state index contributed by atoms with van der Waals surface area (Å²) >= 11 is 0. The van der Waals surface area contributed by atoms with Gasteiger partial charge in [-0.3, -0.25) is 0 Å². The lowest BCUT2D eigenvalue weighted by molar-refractivity contribution is 0.474. The largest absolute Gasteiger partial charge is 0.424 e. The first-order valence-electron chi connectivity index (χ1n) is 5.67. The number of nitrogens with one attached hydrogen (secondary N) is 1. The van der Waals surface area contributed by atoms with Gasteiger partial charge in [0.2, 0.25) is 11.8 Å². The van der Waals surface area contributed by atoms with Crippen molar-refractivity contribution < 1.29 is 4.42 Å². The van der Waals surface area contributed by atoms with Crippen LogP contribution < -0.4 is 5.32 Å². The number of aryl methyl sites for hydroxylation is 4. The molecule has 0 saturated carbocycles. The lowest BCUT2D eigenvalue weighted by Crippen LogP contribution is -2.03. The Bertz CT molecular complexity index is 508. The minimum atomic E-state index is 0.561. The molecule has 0 amide bonds. The Morgan fingerprint density at radius 3 is 2.24 bits per heavy atom. The van der Waals surface area contributed by atoms with Crippen LogP contribution >= 0.6 is 0 Å². The van der Waals surface area contributed by atoms with E-state index in [-0.39, 0.29) is 0 Å². The van der Waals surface area contributed by atoms with Gasteiger partial charge in [0.25, 0.3) is 0 Å². The highest BCUT2D eigenvalue weighted by molar-refractivity contribution is 5.58. The summed E-state index contributed by atoms with van der Waals surface area (Å²) in [6, 6.07) is 4.32. The monoisotopic (exact) mass is 231 g/mol. The van der Waals surface area contributed by atoms with Gasteiger partial charge in [0.05, 0.1) is 6.54 Å². The molecular weight excluding hydrogens is 214 g/mol. The summed E-state index contributed by atoms with van der Waals surface area (Å²) in [6.45, 7) is 8.65. The molecule has 2 rings (SSSR count). The second kappa shape index (κ2) is 4.57. The third-order valence-electron chi connectivity index (χ3n) is 2.66. The number of rotatable bonds is 3. The first-order chi connectivity index (χ1) is 8.06. The van der Waals surface area contributed by atoms with Crippen molar-refractivity contribution in [1.82, 2.24) is 10.2 Å². The Hall–Kier alpha value is -1.84. The van der Waals surface area contributed by atoms with Crippen molar-refractivity contribution in [1.29, 1.82) is 0 Å². The van der Waals surface area contributed by atoms with Crippen molar-refractivity contribution in [2.75, 3.05) is 5.32 Å². The summed E-state index contributed by atoms with van der Waals surface area (Å²) in [4.78, 5) is 0. The highest BCUT2D eigenvalue weighted by atomic mass is 16.4. The summed E-state index contributed by atoms with van der Waals surface area (Å²) in [5, 5.41) is 11.1. The van der Waals surface area contributed by atoms with Gasteiger partial charge in [0, 0.05) is 12.6 Å². The zero-order chi connectivity index (χ0) is 12.4. The molecule has 1 N–H and O–H groups in total. The van der Waals surface area contributed by atoms with Crippen LogP contribution in [-0.2, 0) is 6.54 Å². The molecule has 0 fully saturated rings. The number of anilines is 1.